The zero-order chi connectivity index (χ0) is 23.6. The Balaban J connectivity index is 2.15. The topological polar surface area (TPSA) is 113 Å². The van der Waals surface area contributed by atoms with Gasteiger partial charge < -0.3 is 15.6 Å². The molecule has 0 saturated heterocycles. The number of rotatable bonds is 7. The van der Waals surface area contributed by atoms with Crippen molar-refractivity contribution >= 4 is 21.7 Å². The van der Waals surface area contributed by atoms with Gasteiger partial charge in [-0.15, -0.1) is 0 Å². The van der Waals surface area contributed by atoms with Crippen LogP contribution in [0.25, 0.3) is 0 Å². The second-order valence-corrected chi connectivity index (χ2v) is 9.59. The minimum Gasteiger partial charge on any atom is -0.364 e. The molecule has 3 N–H and O–H groups in total. The number of amides is 2. The second-order valence-electron chi connectivity index (χ2n) is 7.71. The number of nitrogens with one attached hydrogen (secondary N) is 1. The van der Waals surface area contributed by atoms with Gasteiger partial charge in [-0.25, -0.2) is 12.8 Å². The van der Waals surface area contributed by atoms with Crippen LogP contribution in [0.15, 0.2) is 64.4 Å². The van der Waals surface area contributed by atoms with Gasteiger partial charge in [-0.1, -0.05) is 50.2 Å². The summed E-state index contributed by atoms with van der Waals surface area (Å²) in [4.78, 5) is 29.0. The molecule has 0 aliphatic carbocycles. The molecule has 0 aliphatic rings. The Morgan fingerprint density at radius 3 is 2.19 bits per heavy atom. The molecule has 0 radical (unpaired) electrons. The number of sulfone groups is 1. The first-order valence-electron chi connectivity index (χ1n) is 9.90. The highest BCUT2D eigenvalue weighted by Crippen LogP contribution is 2.35. The molecule has 9 heteroatoms. The Kier molecular flexibility index (Phi) is 6.50. The Hall–Kier alpha value is -3.46. The summed E-state index contributed by atoms with van der Waals surface area (Å²) in [6.45, 7) is 3.38. The third kappa shape index (κ3) is 4.29. The maximum absolute atomic E-state index is 14.1. The molecule has 0 unspecified atom stereocenters. The first-order chi connectivity index (χ1) is 15.1. The molecule has 2 amide bonds. The summed E-state index contributed by atoms with van der Waals surface area (Å²) in [6, 6.07) is 13.6. The summed E-state index contributed by atoms with van der Waals surface area (Å²) >= 11 is 0. The number of halogens is 1. The number of primary amides is 1. The minimum absolute atomic E-state index is 0.0258. The van der Waals surface area contributed by atoms with E-state index in [1.54, 1.807) is 50.2 Å². The zero-order valence-electron chi connectivity index (χ0n) is 17.9. The Morgan fingerprint density at radius 2 is 1.62 bits per heavy atom. The van der Waals surface area contributed by atoms with Gasteiger partial charge in [0.1, 0.15) is 22.1 Å². The fourth-order valence-corrected chi connectivity index (χ4v) is 5.33. The average Bonchev–Trinajstić information content (AvgIpc) is 3.17. The van der Waals surface area contributed by atoms with Crippen LogP contribution >= 0.6 is 0 Å². The lowest BCUT2D eigenvalue weighted by Gasteiger charge is -2.19. The summed E-state index contributed by atoms with van der Waals surface area (Å²) in [7, 11) is -2.69. The maximum Gasteiger partial charge on any atom is 0.270 e. The third-order valence-corrected chi connectivity index (χ3v) is 6.92. The van der Waals surface area contributed by atoms with Gasteiger partial charge in [0.05, 0.1) is 4.90 Å². The van der Waals surface area contributed by atoms with Crippen LogP contribution in [0, 0.1) is 5.82 Å². The number of nitrogens with zero attached hydrogens (tertiary/aromatic N) is 1. The van der Waals surface area contributed by atoms with Crippen LogP contribution in [-0.4, -0.2) is 37.2 Å². The largest absolute Gasteiger partial charge is 0.364 e. The lowest BCUT2D eigenvalue weighted by Crippen LogP contribution is -2.28. The van der Waals surface area contributed by atoms with E-state index in [1.807, 2.05) is 0 Å². The van der Waals surface area contributed by atoms with Crippen molar-refractivity contribution in [2.24, 2.45) is 5.73 Å². The number of aromatic amines is 1. The molecule has 3 rings (SSSR count). The number of nitrogens with two attached hydrogens (primary N) is 1. The van der Waals surface area contributed by atoms with Gasteiger partial charge in [-0.05, 0) is 24.1 Å². The molecule has 3 aromatic rings. The first kappa shape index (κ1) is 23.2. The molecule has 0 spiro atoms. The van der Waals surface area contributed by atoms with Crippen LogP contribution in [0.5, 0.6) is 0 Å². The zero-order valence-corrected chi connectivity index (χ0v) is 18.7. The van der Waals surface area contributed by atoms with Crippen molar-refractivity contribution in [2.45, 2.75) is 36.1 Å². The van der Waals surface area contributed by atoms with Crippen molar-refractivity contribution in [3.05, 3.63) is 82.9 Å². The molecule has 7 nitrogen and oxygen atoms in total. The monoisotopic (exact) mass is 457 g/mol. The van der Waals surface area contributed by atoms with Crippen molar-refractivity contribution in [1.29, 1.82) is 0 Å². The highest BCUT2D eigenvalue weighted by molar-refractivity contribution is 7.91. The van der Waals surface area contributed by atoms with Crippen molar-refractivity contribution in [3.8, 4) is 0 Å². The molecule has 0 bridgehead atoms. The molecule has 168 valence electrons. The van der Waals surface area contributed by atoms with Crippen molar-refractivity contribution in [2.75, 3.05) is 7.05 Å². The van der Waals surface area contributed by atoms with Crippen LogP contribution in [0.4, 0.5) is 4.39 Å². The molecule has 2 aromatic carbocycles. The van der Waals surface area contributed by atoms with E-state index in [0.29, 0.717) is 5.56 Å². The third-order valence-electron chi connectivity index (χ3n) is 5.06. The van der Waals surface area contributed by atoms with Gasteiger partial charge in [0, 0.05) is 24.7 Å². The fraction of sp³-hybridized carbons (Fsp3) is 0.217. The van der Waals surface area contributed by atoms with E-state index in [1.165, 1.54) is 30.1 Å². The summed E-state index contributed by atoms with van der Waals surface area (Å²) < 4.78 is 40.9. The number of aromatic nitrogens is 1. The van der Waals surface area contributed by atoms with E-state index in [0.717, 1.165) is 0 Å². The molecule has 1 aromatic heterocycles. The lowest BCUT2D eigenvalue weighted by molar-refractivity contribution is 0.0777. The van der Waals surface area contributed by atoms with Gasteiger partial charge in [-0.3, -0.25) is 9.59 Å². The van der Waals surface area contributed by atoms with Crippen LogP contribution in [0.1, 0.15) is 51.9 Å². The number of carbonyl (C=O) groups excluding carboxylic acids is 2. The summed E-state index contributed by atoms with van der Waals surface area (Å²) in [5, 5.41) is 0. The normalized spacial score (nSPS) is 11.5. The van der Waals surface area contributed by atoms with E-state index < -0.39 is 33.4 Å². The minimum atomic E-state index is -4.16. The first-order valence-corrected chi connectivity index (χ1v) is 11.4. The van der Waals surface area contributed by atoms with Crippen LogP contribution in [0.3, 0.4) is 0 Å². The quantitative estimate of drug-likeness (QED) is 0.565. The van der Waals surface area contributed by atoms with E-state index >= 15 is 0 Å². The van der Waals surface area contributed by atoms with Crippen LogP contribution in [0.2, 0.25) is 0 Å². The van der Waals surface area contributed by atoms with Crippen molar-refractivity contribution < 1.29 is 22.4 Å². The van der Waals surface area contributed by atoms with Gasteiger partial charge in [-0.2, -0.15) is 0 Å². The number of benzene rings is 2. The number of carbonyl (C=O) groups is 2. The van der Waals surface area contributed by atoms with Crippen molar-refractivity contribution in [1.82, 2.24) is 9.88 Å². The highest BCUT2D eigenvalue weighted by Gasteiger charge is 2.35. The average molecular weight is 458 g/mol. The Bertz CT molecular complexity index is 1270. The number of hydrogen-bond donors (Lipinski definition) is 2. The fourth-order valence-electron chi connectivity index (χ4n) is 3.53. The standard InChI is InChI=1S/C23H24FN3O4S/c1-14(2)18-19(23(29)27(3)13-15-9-7-8-12-17(15)24)26-20(22(25)28)21(18)32(30,31)16-10-5-4-6-11-16/h4-12,14,26H,13H2,1-3H3,(H2,25,28). The van der Waals surface area contributed by atoms with Gasteiger partial charge in [0.15, 0.2) is 0 Å². The lowest BCUT2D eigenvalue weighted by atomic mass is 10.0. The summed E-state index contributed by atoms with van der Waals surface area (Å²) in [5.41, 5.74) is 5.51. The number of H-pyrrole nitrogens is 1. The predicted molar refractivity (Wildman–Crippen MR) is 117 cm³/mol. The van der Waals surface area contributed by atoms with Crippen LogP contribution < -0.4 is 5.73 Å². The van der Waals surface area contributed by atoms with Crippen LogP contribution in [-0.2, 0) is 16.4 Å². The van der Waals surface area contributed by atoms with E-state index in [-0.39, 0.29) is 33.3 Å². The highest BCUT2D eigenvalue weighted by atomic mass is 32.2. The molecular weight excluding hydrogens is 433 g/mol. The summed E-state index contributed by atoms with van der Waals surface area (Å²) in [6.07, 6.45) is 0. The predicted octanol–water partition coefficient (Wildman–Crippen LogP) is 3.48. The van der Waals surface area contributed by atoms with E-state index in [4.69, 9.17) is 5.73 Å². The molecule has 0 fully saturated rings. The Labute approximate surface area is 186 Å². The Morgan fingerprint density at radius 1 is 1.03 bits per heavy atom. The molecule has 0 saturated carbocycles. The SMILES string of the molecule is CC(C)c1c(C(=O)N(C)Cc2ccccc2F)[nH]c(C(N)=O)c1S(=O)(=O)c1ccccc1. The summed E-state index contributed by atoms with van der Waals surface area (Å²) in [5.74, 6) is -2.49. The van der Waals surface area contributed by atoms with Gasteiger partial charge in [0.2, 0.25) is 9.84 Å². The van der Waals surface area contributed by atoms with Crippen molar-refractivity contribution in [3.63, 3.8) is 0 Å². The molecule has 32 heavy (non-hydrogen) atoms. The second kappa shape index (κ2) is 8.96. The molecular formula is C23H24FN3O4S. The molecule has 0 atom stereocenters. The number of hydrogen-bond acceptors (Lipinski definition) is 4. The van der Waals surface area contributed by atoms with Gasteiger partial charge >= 0.3 is 0 Å². The van der Waals surface area contributed by atoms with E-state index in [2.05, 4.69) is 4.98 Å². The molecule has 0 aliphatic heterocycles. The van der Waals surface area contributed by atoms with Gasteiger partial charge in [0.25, 0.3) is 11.8 Å². The van der Waals surface area contributed by atoms with E-state index in [9.17, 15) is 22.4 Å². The molecule has 1 heterocycles. The smallest absolute Gasteiger partial charge is 0.270 e. The maximum atomic E-state index is 14.1.